The smallest absolute Gasteiger partial charge is 0.308 e. The summed E-state index contributed by atoms with van der Waals surface area (Å²) in [5, 5.41) is 9.65. The SMILES string of the molecule is O=C(O)[C@H]1CC(=O)N(CCSCc2ccccc2Cl)C1. The minimum atomic E-state index is -0.885. The Bertz CT molecular complexity index is 509. The van der Waals surface area contributed by atoms with E-state index in [1.54, 1.807) is 16.7 Å². The topological polar surface area (TPSA) is 57.6 Å². The van der Waals surface area contributed by atoms with Crippen LogP contribution in [0.15, 0.2) is 24.3 Å². The highest BCUT2D eigenvalue weighted by atomic mass is 35.5. The van der Waals surface area contributed by atoms with Gasteiger partial charge in [-0.15, -0.1) is 0 Å². The zero-order valence-electron chi connectivity index (χ0n) is 10.9. The molecule has 1 N–H and O–H groups in total. The van der Waals surface area contributed by atoms with Crippen molar-refractivity contribution in [1.29, 1.82) is 0 Å². The van der Waals surface area contributed by atoms with Gasteiger partial charge < -0.3 is 10.0 Å². The second kappa shape index (κ2) is 6.99. The molecule has 1 heterocycles. The molecule has 6 heteroatoms. The molecule has 0 bridgehead atoms. The normalized spacial score (nSPS) is 18.6. The second-order valence-electron chi connectivity index (χ2n) is 4.72. The summed E-state index contributed by atoms with van der Waals surface area (Å²) >= 11 is 7.76. The Balaban J connectivity index is 1.73. The van der Waals surface area contributed by atoms with Gasteiger partial charge in [0, 0.05) is 36.0 Å². The maximum Gasteiger partial charge on any atom is 0.308 e. The summed E-state index contributed by atoms with van der Waals surface area (Å²) in [4.78, 5) is 24.1. The molecule has 0 radical (unpaired) electrons. The van der Waals surface area contributed by atoms with Crippen LogP contribution in [0, 0.1) is 5.92 Å². The predicted octanol–water partition coefficient (Wildman–Crippen LogP) is 2.51. The Hall–Kier alpha value is -1.20. The van der Waals surface area contributed by atoms with Crippen LogP contribution in [-0.4, -0.2) is 40.7 Å². The monoisotopic (exact) mass is 313 g/mol. The molecule has 1 amide bonds. The van der Waals surface area contributed by atoms with Crippen LogP contribution in [0.4, 0.5) is 0 Å². The van der Waals surface area contributed by atoms with E-state index in [-0.39, 0.29) is 12.3 Å². The van der Waals surface area contributed by atoms with Gasteiger partial charge >= 0.3 is 5.97 Å². The van der Waals surface area contributed by atoms with Crippen molar-refractivity contribution in [2.45, 2.75) is 12.2 Å². The van der Waals surface area contributed by atoms with Crippen molar-refractivity contribution in [3.8, 4) is 0 Å². The maximum absolute atomic E-state index is 11.6. The van der Waals surface area contributed by atoms with Gasteiger partial charge in [-0.05, 0) is 11.6 Å². The molecule has 0 aromatic heterocycles. The average molecular weight is 314 g/mol. The molecule has 108 valence electrons. The number of likely N-dealkylation sites (tertiary alicyclic amines) is 1. The predicted molar refractivity (Wildman–Crippen MR) is 79.9 cm³/mol. The van der Waals surface area contributed by atoms with E-state index >= 15 is 0 Å². The third-order valence-electron chi connectivity index (χ3n) is 3.28. The molecule has 1 saturated heterocycles. The van der Waals surface area contributed by atoms with Gasteiger partial charge in [-0.2, -0.15) is 11.8 Å². The van der Waals surface area contributed by atoms with Crippen molar-refractivity contribution in [1.82, 2.24) is 4.90 Å². The highest BCUT2D eigenvalue weighted by Crippen LogP contribution is 2.22. The van der Waals surface area contributed by atoms with Gasteiger partial charge in [0.25, 0.3) is 0 Å². The van der Waals surface area contributed by atoms with Crippen LogP contribution in [-0.2, 0) is 15.3 Å². The van der Waals surface area contributed by atoms with E-state index in [1.165, 1.54) is 0 Å². The van der Waals surface area contributed by atoms with Crippen molar-refractivity contribution in [2.24, 2.45) is 5.92 Å². The fourth-order valence-electron chi connectivity index (χ4n) is 2.13. The number of nitrogens with zero attached hydrogens (tertiary/aromatic N) is 1. The van der Waals surface area contributed by atoms with E-state index in [0.29, 0.717) is 13.1 Å². The molecule has 1 aromatic rings. The lowest BCUT2D eigenvalue weighted by atomic mass is 10.1. The number of carbonyl (C=O) groups is 2. The lowest BCUT2D eigenvalue weighted by Crippen LogP contribution is -2.28. The van der Waals surface area contributed by atoms with Crippen LogP contribution in [0.1, 0.15) is 12.0 Å². The van der Waals surface area contributed by atoms with E-state index in [2.05, 4.69) is 0 Å². The van der Waals surface area contributed by atoms with Gasteiger partial charge in [0.15, 0.2) is 0 Å². The first-order valence-electron chi connectivity index (χ1n) is 6.39. The number of amides is 1. The highest BCUT2D eigenvalue weighted by Gasteiger charge is 2.33. The van der Waals surface area contributed by atoms with Crippen molar-refractivity contribution in [3.63, 3.8) is 0 Å². The third kappa shape index (κ3) is 3.90. The van der Waals surface area contributed by atoms with Crippen molar-refractivity contribution < 1.29 is 14.7 Å². The van der Waals surface area contributed by atoms with Crippen molar-refractivity contribution in [2.75, 3.05) is 18.8 Å². The van der Waals surface area contributed by atoms with Gasteiger partial charge in [0.2, 0.25) is 5.91 Å². The van der Waals surface area contributed by atoms with Gasteiger partial charge in [0.1, 0.15) is 0 Å². The molecule has 1 aliphatic rings. The third-order valence-corrected chi connectivity index (χ3v) is 4.64. The van der Waals surface area contributed by atoms with Crippen molar-refractivity contribution in [3.05, 3.63) is 34.9 Å². The van der Waals surface area contributed by atoms with Gasteiger partial charge in [-0.25, -0.2) is 0 Å². The van der Waals surface area contributed by atoms with Crippen LogP contribution < -0.4 is 0 Å². The first-order valence-corrected chi connectivity index (χ1v) is 7.93. The number of thioether (sulfide) groups is 1. The van der Waals surface area contributed by atoms with Gasteiger partial charge in [-0.3, -0.25) is 9.59 Å². The Morgan fingerprint density at radius 3 is 2.85 bits per heavy atom. The van der Waals surface area contributed by atoms with Crippen LogP contribution in [0.3, 0.4) is 0 Å². The summed E-state index contributed by atoms with van der Waals surface area (Å²) in [6, 6.07) is 7.68. The number of carboxylic acids is 1. The molecule has 0 saturated carbocycles. The number of carboxylic acid groups (broad SMARTS) is 1. The summed E-state index contributed by atoms with van der Waals surface area (Å²) in [5.41, 5.74) is 1.08. The van der Waals surface area contributed by atoms with Gasteiger partial charge in [-0.1, -0.05) is 29.8 Å². The zero-order chi connectivity index (χ0) is 14.5. The molecular formula is C14H16ClNO3S. The second-order valence-corrected chi connectivity index (χ2v) is 6.24. The molecule has 1 aliphatic heterocycles. The number of halogens is 1. The quantitative estimate of drug-likeness (QED) is 0.820. The number of rotatable bonds is 6. The standard InChI is InChI=1S/C14H16ClNO3S/c15-12-4-2-1-3-10(12)9-20-6-5-16-8-11(14(18)19)7-13(16)17/h1-4,11H,5-9H2,(H,18,19)/t11-/m0/s1. The fourth-order valence-corrected chi connectivity index (χ4v) is 3.37. The summed E-state index contributed by atoms with van der Waals surface area (Å²) in [5.74, 6) is 0.0873. The summed E-state index contributed by atoms with van der Waals surface area (Å²) in [7, 11) is 0. The number of aliphatic carboxylic acids is 1. The van der Waals surface area contributed by atoms with Crippen LogP contribution in [0.2, 0.25) is 5.02 Å². The molecule has 1 atom stereocenters. The summed E-state index contributed by atoms with van der Waals surface area (Å²) in [6.07, 6.45) is 0.129. The lowest BCUT2D eigenvalue weighted by Gasteiger charge is -2.15. The summed E-state index contributed by atoms with van der Waals surface area (Å²) < 4.78 is 0. The average Bonchev–Trinajstić information content (AvgIpc) is 2.78. The molecule has 4 nitrogen and oxygen atoms in total. The Morgan fingerprint density at radius 2 is 2.20 bits per heavy atom. The van der Waals surface area contributed by atoms with Crippen LogP contribution >= 0.6 is 23.4 Å². The van der Waals surface area contributed by atoms with Crippen molar-refractivity contribution >= 4 is 35.2 Å². The first-order chi connectivity index (χ1) is 9.58. The molecule has 2 rings (SSSR count). The van der Waals surface area contributed by atoms with Crippen LogP contribution in [0.25, 0.3) is 0 Å². The molecular weight excluding hydrogens is 298 g/mol. The maximum atomic E-state index is 11.6. The molecule has 0 aliphatic carbocycles. The van der Waals surface area contributed by atoms with E-state index in [1.807, 2.05) is 24.3 Å². The first kappa shape index (κ1) is 15.2. The van der Waals surface area contributed by atoms with E-state index < -0.39 is 11.9 Å². The summed E-state index contributed by atoms with van der Waals surface area (Å²) in [6.45, 7) is 0.929. The molecule has 1 fully saturated rings. The molecule has 1 aromatic carbocycles. The minimum absolute atomic E-state index is 0.0595. The number of carbonyl (C=O) groups excluding carboxylic acids is 1. The Kier molecular flexibility index (Phi) is 5.31. The van der Waals surface area contributed by atoms with Gasteiger partial charge in [0.05, 0.1) is 5.92 Å². The minimum Gasteiger partial charge on any atom is -0.481 e. The molecule has 20 heavy (non-hydrogen) atoms. The van der Waals surface area contributed by atoms with E-state index in [4.69, 9.17) is 16.7 Å². The largest absolute Gasteiger partial charge is 0.481 e. The Labute approximate surface area is 127 Å². The van der Waals surface area contributed by atoms with E-state index in [9.17, 15) is 9.59 Å². The van der Waals surface area contributed by atoms with E-state index in [0.717, 1.165) is 22.1 Å². The highest BCUT2D eigenvalue weighted by molar-refractivity contribution is 7.98. The molecule has 0 spiro atoms. The molecule has 0 unspecified atom stereocenters. The number of hydrogen-bond donors (Lipinski definition) is 1. The fraction of sp³-hybridized carbons (Fsp3) is 0.429. The zero-order valence-corrected chi connectivity index (χ0v) is 12.5. The van der Waals surface area contributed by atoms with Crippen LogP contribution in [0.5, 0.6) is 0 Å². The Morgan fingerprint density at radius 1 is 1.45 bits per heavy atom. The lowest BCUT2D eigenvalue weighted by molar-refractivity contribution is -0.141. The number of hydrogen-bond acceptors (Lipinski definition) is 3. The number of benzene rings is 1.